The number of rotatable bonds is 4. The number of anilines is 4. The number of nitrogens with one attached hydrogen (secondary N) is 4. The average molecular weight is 519 g/mol. The SMILES string of the molecule is Cc1ccc2c(c1)NC(c1ccccc1)=C(c1ccc(C3=C(c4ccccc4)Nc4cc(C)ccc4N3)cc1)N2. The van der Waals surface area contributed by atoms with E-state index in [-0.39, 0.29) is 0 Å². The van der Waals surface area contributed by atoms with E-state index in [1.807, 2.05) is 0 Å². The summed E-state index contributed by atoms with van der Waals surface area (Å²) in [7, 11) is 0. The maximum absolute atomic E-state index is 3.72. The van der Waals surface area contributed by atoms with Crippen molar-refractivity contribution in [3.05, 3.63) is 155 Å². The molecule has 5 aromatic carbocycles. The normalized spacial score (nSPS) is 13.8. The van der Waals surface area contributed by atoms with Gasteiger partial charge in [0.25, 0.3) is 0 Å². The third-order valence-electron chi connectivity index (χ3n) is 7.48. The van der Waals surface area contributed by atoms with Crippen LogP contribution >= 0.6 is 0 Å². The third kappa shape index (κ3) is 4.40. The van der Waals surface area contributed by atoms with Crippen LogP contribution in [0.15, 0.2) is 121 Å². The average Bonchev–Trinajstić information content (AvgIpc) is 3.00. The fourth-order valence-electron chi connectivity index (χ4n) is 5.41. The van der Waals surface area contributed by atoms with Gasteiger partial charge >= 0.3 is 0 Å². The van der Waals surface area contributed by atoms with Crippen molar-refractivity contribution < 1.29 is 0 Å². The smallest absolute Gasteiger partial charge is 0.0703 e. The molecule has 194 valence electrons. The Morgan fingerprint density at radius 1 is 0.325 bits per heavy atom. The van der Waals surface area contributed by atoms with Gasteiger partial charge in [0, 0.05) is 22.3 Å². The molecule has 4 N–H and O–H groups in total. The van der Waals surface area contributed by atoms with E-state index in [0.717, 1.165) is 67.8 Å². The highest BCUT2D eigenvalue weighted by atomic mass is 15.1. The van der Waals surface area contributed by atoms with Gasteiger partial charge < -0.3 is 21.3 Å². The van der Waals surface area contributed by atoms with Gasteiger partial charge in [-0.15, -0.1) is 0 Å². The maximum atomic E-state index is 3.72. The Labute approximate surface area is 235 Å². The minimum absolute atomic E-state index is 1.06. The number of fused-ring (bicyclic) bond motifs is 2. The summed E-state index contributed by atoms with van der Waals surface area (Å²) < 4.78 is 0. The Kier molecular flexibility index (Phi) is 5.86. The molecule has 0 fully saturated rings. The van der Waals surface area contributed by atoms with Crippen molar-refractivity contribution in [3.8, 4) is 0 Å². The molecule has 0 spiro atoms. The van der Waals surface area contributed by atoms with E-state index in [4.69, 9.17) is 0 Å². The van der Waals surface area contributed by atoms with Crippen LogP contribution in [-0.2, 0) is 0 Å². The lowest BCUT2D eigenvalue weighted by Crippen LogP contribution is -2.16. The van der Waals surface area contributed by atoms with Gasteiger partial charge in [0.05, 0.1) is 45.5 Å². The molecule has 4 heteroatoms. The van der Waals surface area contributed by atoms with E-state index in [2.05, 4.69) is 156 Å². The van der Waals surface area contributed by atoms with E-state index in [9.17, 15) is 0 Å². The fourth-order valence-corrected chi connectivity index (χ4v) is 5.41. The van der Waals surface area contributed by atoms with E-state index < -0.39 is 0 Å². The van der Waals surface area contributed by atoms with Crippen LogP contribution in [0.1, 0.15) is 33.4 Å². The van der Waals surface area contributed by atoms with Crippen molar-refractivity contribution >= 4 is 45.5 Å². The first-order valence-electron chi connectivity index (χ1n) is 13.6. The first-order valence-corrected chi connectivity index (χ1v) is 13.6. The van der Waals surface area contributed by atoms with E-state index in [1.54, 1.807) is 0 Å². The number of benzene rings is 5. The largest absolute Gasteiger partial charge is 0.352 e. The molecule has 0 aliphatic carbocycles. The lowest BCUT2D eigenvalue weighted by Gasteiger charge is -2.28. The minimum atomic E-state index is 1.06. The highest BCUT2D eigenvalue weighted by molar-refractivity contribution is 6.08. The van der Waals surface area contributed by atoms with Gasteiger partial charge in [-0.1, -0.05) is 97.1 Å². The van der Waals surface area contributed by atoms with Crippen molar-refractivity contribution in [2.75, 3.05) is 21.3 Å². The topological polar surface area (TPSA) is 48.1 Å². The van der Waals surface area contributed by atoms with E-state index in [1.165, 1.54) is 11.1 Å². The summed E-state index contributed by atoms with van der Waals surface area (Å²) in [5.74, 6) is 0. The predicted molar refractivity (Wildman–Crippen MR) is 170 cm³/mol. The summed E-state index contributed by atoms with van der Waals surface area (Å²) in [5, 5.41) is 14.9. The second-order valence-corrected chi connectivity index (χ2v) is 10.4. The van der Waals surface area contributed by atoms with Gasteiger partial charge in [-0.3, -0.25) is 0 Å². The Hall–Kier alpha value is -5.22. The van der Waals surface area contributed by atoms with Crippen molar-refractivity contribution in [1.29, 1.82) is 0 Å². The second-order valence-electron chi connectivity index (χ2n) is 10.4. The molecule has 0 saturated heterocycles. The Balaban J connectivity index is 1.31. The summed E-state index contributed by atoms with van der Waals surface area (Å²) in [6.45, 7) is 4.24. The summed E-state index contributed by atoms with van der Waals surface area (Å²) >= 11 is 0. The highest BCUT2D eigenvalue weighted by Gasteiger charge is 2.22. The number of hydrogen-bond acceptors (Lipinski definition) is 4. The van der Waals surface area contributed by atoms with Crippen LogP contribution < -0.4 is 21.3 Å². The summed E-state index contributed by atoms with van der Waals surface area (Å²) in [6.07, 6.45) is 0. The fraction of sp³-hybridized carbons (Fsp3) is 0.0556. The molecule has 0 saturated carbocycles. The van der Waals surface area contributed by atoms with Gasteiger partial charge in [0.2, 0.25) is 0 Å². The second kappa shape index (κ2) is 9.83. The van der Waals surface area contributed by atoms with Crippen LogP contribution in [0, 0.1) is 13.8 Å². The zero-order valence-electron chi connectivity index (χ0n) is 22.5. The zero-order valence-corrected chi connectivity index (χ0v) is 22.5. The molecule has 40 heavy (non-hydrogen) atoms. The van der Waals surface area contributed by atoms with Crippen LogP contribution in [0.25, 0.3) is 22.8 Å². The van der Waals surface area contributed by atoms with Gasteiger partial charge in [0.1, 0.15) is 0 Å². The number of aryl methyl sites for hydroxylation is 2. The summed E-state index contributed by atoms with van der Waals surface area (Å²) in [5.41, 5.74) is 15.5. The molecule has 2 aliphatic heterocycles. The van der Waals surface area contributed by atoms with E-state index >= 15 is 0 Å². The van der Waals surface area contributed by atoms with Crippen LogP contribution in [0.5, 0.6) is 0 Å². The molecule has 0 unspecified atom stereocenters. The molecule has 2 aliphatic rings. The molecular formula is C36H30N4. The molecule has 2 heterocycles. The summed E-state index contributed by atoms with van der Waals surface area (Å²) in [4.78, 5) is 0. The van der Waals surface area contributed by atoms with Crippen LogP contribution in [0.2, 0.25) is 0 Å². The quantitative estimate of drug-likeness (QED) is 0.192. The van der Waals surface area contributed by atoms with Crippen molar-refractivity contribution in [3.63, 3.8) is 0 Å². The maximum Gasteiger partial charge on any atom is 0.0703 e. The van der Waals surface area contributed by atoms with Crippen molar-refractivity contribution in [2.45, 2.75) is 13.8 Å². The predicted octanol–water partition coefficient (Wildman–Crippen LogP) is 9.03. The van der Waals surface area contributed by atoms with Crippen LogP contribution in [0.3, 0.4) is 0 Å². The van der Waals surface area contributed by atoms with Crippen molar-refractivity contribution in [1.82, 2.24) is 0 Å². The number of hydrogen-bond donors (Lipinski definition) is 4. The van der Waals surface area contributed by atoms with Gasteiger partial charge in [-0.25, -0.2) is 0 Å². The molecule has 0 radical (unpaired) electrons. The molecule has 0 aromatic heterocycles. The lowest BCUT2D eigenvalue weighted by atomic mass is 9.97. The highest BCUT2D eigenvalue weighted by Crippen LogP contribution is 2.40. The minimum Gasteiger partial charge on any atom is -0.352 e. The molecular weight excluding hydrogens is 488 g/mol. The van der Waals surface area contributed by atoms with Gasteiger partial charge in [-0.2, -0.15) is 0 Å². The lowest BCUT2D eigenvalue weighted by molar-refractivity contribution is 1.39. The van der Waals surface area contributed by atoms with Crippen LogP contribution in [-0.4, -0.2) is 0 Å². The molecule has 4 nitrogen and oxygen atoms in total. The third-order valence-corrected chi connectivity index (χ3v) is 7.48. The van der Waals surface area contributed by atoms with Gasteiger partial charge in [0.15, 0.2) is 0 Å². The summed E-state index contributed by atoms with van der Waals surface area (Å²) in [6, 6.07) is 42.7. The van der Waals surface area contributed by atoms with E-state index in [0.29, 0.717) is 0 Å². The molecule has 5 aromatic rings. The standard InChI is InChI=1S/C36H30N4/c1-23-13-19-29-31(21-23)39-33(25-9-5-3-6-10-25)35(37-29)27-15-17-28(18-16-27)36-34(26-11-7-4-8-12-26)40-32-22-24(2)14-20-30(32)38-36/h3-22,37-40H,1-2H3. The Bertz CT molecular complexity index is 1650. The molecule has 0 atom stereocenters. The monoisotopic (exact) mass is 518 g/mol. The zero-order chi connectivity index (χ0) is 27.1. The van der Waals surface area contributed by atoms with Crippen LogP contribution in [0.4, 0.5) is 22.7 Å². The Morgan fingerprint density at radius 2 is 0.650 bits per heavy atom. The molecule has 7 rings (SSSR count). The molecule has 0 amide bonds. The first kappa shape index (κ1) is 23.9. The van der Waals surface area contributed by atoms with Gasteiger partial charge in [-0.05, 0) is 49.2 Å². The first-order chi connectivity index (χ1) is 19.6. The Morgan fingerprint density at radius 3 is 1.02 bits per heavy atom. The molecule has 0 bridgehead atoms. The van der Waals surface area contributed by atoms with Crippen molar-refractivity contribution in [2.24, 2.45) is 0 Å².